The largest absolute Gasteiger partial charge is 0.481 e. The van der Waals surface area contributed by atoms with Crippen molar-refractivity contribution >= 4 is 11.8 Å². The van der Waals surface area contributed by atoms with Crippen molar-refractivity contribution < 1.29 is 14.7 Å². The lowest BCUT2D eigenvalue weighted by atomic mass is 10.2. The fraction of sp³-hybridized carbons (Fsp3) is 0.500. The second-order valence-electron chi connectivity index (χ2n) is 2.31. The predicted molar refractivity (Wildman–Crippen MR) is 41.3 cm³/mol. The summed E-state index contributed by atoms with van der Waals surface area (Å²) < 4.78 is 0. The molecule has 0 bridgehead atoms. The Balaban J connectivity index is 3.30. The molecule has 0 saturated carbocycles. The number of hydrogen-bond acceptors (Lipinski definition) is 2. The first kappa shape index (κ1) is 9.88. The first-order chi connectivity index (χ1) is 5.13. The molecule has 0 aromatic carbocycles. The van der Waals surface area contributed by atoms with Gasteiger partial charge in [0, 0.05) is 6.42 Å². The lowest BCUT2D eigenvalue weighted by molar-refractivity contribution is -0.136. The van der Waals surface area contributed by atoms with Gasteiger partial charge < -0.3 is 9.90 Å². The Morgan fingerprint density at radius 2 is 2.00 bits per heavy atom. The smallest absolute Gasteiger partial charge is 0.307 e. The molecule has 3 nitrogen and oxygen atoms in total. The molecule has 0 fully saturated rings. The summed E-state index contributed by atoms with van der Waals surface area (Å²) in [6, 6.07) is 0. The number of Topliss-reactive ketones (excluding diaryl/α,β-unsaturated/α-hetero) is 1. The van der Waals surface area contributed by atoms with Crippen LogP contribution in [0.5, 0.6) is 0 Å². The van der Waals surface area contributed by atoms with E-state index in [4.69, 9.17) is 5.11 Å². The standard InChI is InChI=1S/C8H12O3/c1-7(9)5-3-2-4-6-8(10)11/h2,4H,3,5-6H2,1H3,(H,10,11)/b4-2+. The van der Waals surface area contributed by atoms with E-state index in [-0.39, 0.29) is 12.2 Å². The van der Waals surface area contributed by atoms with Crippen LogP contribution >= 0.6 is 0 Å². The minimum Gasteiger partial charge on any atom is -0.481 e. The molecule has 0 heterocycles. The Labute approximate surface area is 65.7 Å². The van der Waals surface area contributed by atoms with Gasteiger partial charge in [0.15, 0.2) is 0 Å². The summed E-state index contributed by atoms with van der Waals surface area (Å²) in [5, 5.41) is 8.20. The van der Waals surface area contributed by atoms with E-state index >= 15 is 0 Å². The number of carbonyl (C=O) groups excluding carboxylic acids is 1. The summed E-state index contributed by atoms with van der Waals surface area (Å²) >= 11 is 0. The fourth-order valence-corrected chi connectivity index (χ4v) is 0.589. The summed E-state index contributed by atoms with van der Waals surface area (Å²) in [4.78, 5) is 20.4. The molecule has 0 aliphatic rings. The van der Waals surface area contributed by atoms with Crippen LogP contribution in [0.1, 0.15) is 26.2 Å². The minimum atomic E-state index is -0.843. The Bertz CT molecular complexity index is 170. The maximum absolute atomic E-state index is 10.4. The summed E-state index contributed by atoms with van der Waals surface area (Å²) in [7, 11) is 0. The molecule has 0 atom stereocenters. The Kier molecular flexibility index (Phi) is 5.07. The highest BCUT2D eigenvalue weighted by atomic mass is 16.4. The van der Waals surface area contributed by atoms with Crippen LogP contribution in [0.4, 0.5) is 0 Å². The van der Waals surface area contributed by atoms with Crippen molar-refractivity contribution in [2.45, 2.75) is 26.2 Å². The van der Waals surface area contributed by atoms with Gasteiger partial charge in [-0.3, -0.25) is 4.79 Å². The zero-order chi connectivity index (χ0) is 8.69. The van der Waals surface area contributed by atoms with Crippen molar-refractivity contribution in [2.24, 2.45) is 0 Å². The van der Waals surface area contributed by atoms with Crippen LogP contribution in [0.15, 0.2) is 12.2 Å². The summed E-state index contributed by atoms with van der Waals surface area (Å²) in [6.07, 6.45) is 4.46. The summed E-state index contributed by atoms with van der Waals surface area (Å²) in [5.74, 6) is -0.714. The zero-order valence-corrected chi connectivity index (χ0v) is 6.54. The first-order valence-electron chi connectivity index (χ1n) is 3.49. The van der Waals surface area contributed by atoms with Gasteiger partial charge in [-0.25, -0.2) is 0 Å². The van der Waals surface area contributed by atoms with E-state index in [9.17, 15) is 9.59 Å². The molecule has 11 heavy (non-hydrogen) atoms. The monoisotopic (exact) mass is 156 g/mol. The van der Waals surface area contributed by atoms with Crippen LogP contribution in [0.2, 0.25) is 0 Å². The van der Waals surface area contributed by atoms with Crippen molar-refractivity contribution in [2.75, 3.05) is 0 Å². The molecule has 0 unspecified atom stereocenters. The second kappa shape index (κ2) is 5.65. The number of carbonyl (C=O) groups is 2. The van der Waals surface area contributed by atoms with Gasteiger partial charge in [-0.2, -0.15) is 0 Å². The molecule has 1 N–H and O–H groups in total. The van der Waals surface area contributed by atoms with Gasteiger partial charge in [-0.15, -0.1) is 0 Å². The van der Waals surface area contributed by atoms with Gasteiger partial charge in [-0.1, -0.05) is 12.2 Å². The lowest BCUT2D eigenvalue weighted by Gasteiger charge is -1.87. The van der Waals surface area contributed by atoms with Gasteiger partial charge in [-0.05, 0) is 13.3 Å². The molecule has 0 spiro atoms. The molecule has 3 heteroatoms. The summed E-state index contributed by atoms with van der Waals surface area (Å²) in [5.41, 5.74) is 0. The average Bonchev–Trinajstić information content (AvgIpc) is 1.85. The molecule has 62 valence electrons. The van der Waals surface area contributed by atoms with Crippen LogP contribution in [-0.2, 0) is 9.59 Å². The molecule has 0 aromatic heterocycles. The van der Waals surface area contributed by atoms with Crippen molar-refractivity contribution in [1.82, 2.24) is 0 Å². The quantitative estimate of drug-likeness (QED) is 0.612. The number of carboxylic acid groups (broad SMARTS) is 1. The van der Waals surface area contributed by atoms with Crippen LogP contribution in [-0.4, -0.2) is 16.9 Å². The molecule has 0 amide bonds. The van der Waals surface area contributed by atoms with Crippen LogP contribution < -0.4 is 0 Å². The van der Waals surface area contributed by atoms with Crippen molar-refractivity contribution in [3.8, 4) is 0 Å². The number of ketones is 1. The van der Waals surface area contributed by atoms with E-state index in [2.05, 4.69) is 0 Å². The average molecular weight is 156 g/mol. The highest BCUT2D eigenvalue weighted by molar-refractivity contribution is 5.75. The number of hydrogen-bond donors (Lipinski definition) is 1. The second-order valence-corrected chi connectivity index (χ2v) is 2.31. The number of carboxylic acids is 1. The number of allylic oxidation sites excluding steroid dienone is 1. The van der Waals surface area contributed by atoms with Gasteiger partial charge >= 0.3 is 5.97 Å². The molecular weight excluding hydrogens is 144 g/mol. The molecule has 0 saturated heterocycles. The highest BCUT2D eigenvalue weighted by Gasteiger charge is 1.90. The van der Waals surface area contributed by atoms with E-state index in [0.717, 1.165) is 0 Å². The normalized spacial score (nSPS) is 10.3. The Morgan fingerprint density at radius 1 is 1.36 bits per heavy atom. The van der Waals surface area contributed by atoms with E-state index in [1.165, 1.54) is 6.92 Å². The van der Waals surface area contributed by atoms with Gasteiger partial charge in [0.1, 0.15) is 5.78 Å². The van der Waals surface area contributed by atoms with Crippen molar-refractivity contribution in [3.05, 3.63) is 12.2 Å². The molecule has 0 aromatic rings. The molecule has 0 aliphatic heterocycles. The molecule has 0 radical (unpaired) electrons. The minimum absolute atomic E-state index is 0.0396. The number of aliphatic carboxylic acids is 1. The Morgan fingerprint density at radius 3 is 2.45 bits per heavy atom. The number of rotatable bonds is 5. The lowest BCUT2D eigenvalue weighted by Crippen LogP contribution is -1.90. The predicted octanol–water partition coefficient (Wildman–Crippen LogP) is 1.39. The van der Waals surface area contributed by atoms with Crippen LogP contribution in [0.25, 0.3) is 0 Å². The third kappa shape index (κ3) is 8.88. The van der Waals surface area contributed by atoms with E-state index < -0.39 is 5.97 Å². The SMILES string of the molecule is CC(=O)CC/C=C/CC(=O)O. The topological polar surface area (TPSA) is 54.4 Å². The first-order valence-corrected chi connectivity index (χ1v) is 3.49. The fourth-order valence-electron chi connectivity index (χ4n) is 0.589. The molecule has 0 rings (SSSR count). The van der Waals surface area contributed by atoms with E-state index in [1.807, 2.05) is 0 Å². The molecular formula is C8H12O3. The third-order valence-corrected chi connectivity index (χ3v) is 1.12. The van der Waals surface area contributed by atoms with Crippen molar-refractivity contribution in [3.63, 3.8) is 0 Å². The third-order valence-electron chi connectivity index (χ3n) is 1.12. The maximum atomic E-state index is 10.4. The van der Waals surface area contributed by atoms with Crippen LogP contribution in [0, 0.1) is 0 Å². The highest BCUT2D eigenvalue weighted by Crippen LogP contribution is 1.93. The van der Waals surface area contributed by atoms with Gasteiger partial charge in [0.25, 0.3) is 0 Å². The van der Waals surface area contributed by atoms with Gasteiger partial charge in [0.05, 0.1) is 6.42 Å². The van der Waals surface area contributed by atoms with E-state index in [0.29, 0.717) is 12.8 Å². The Hall–Kier alpha value is -1.12. The van der Waals surface area contributed by atoms with Crippen LogP contribution in [0.3, 0.4) is 0 Å². The molecule has 0 aliphatic carbocycles. The van der Waals surface area contributed by atoms with Crippen molar-refractivity contribution in [1.29, 1.82) is 0 Å². The maximum Gasteiger partial charge on any atom is 0.307 e. The van der Waals surface area contributed by atoms with E-state index in [1.54, 1.807) is 12.2 Å². The van der Waals surface area contributed by atoms with Gasteiger partial charge in [0.2, 0.25) is 0 Å². The zero-order valence-electron chi connectivity index (χ0n) is 6.54. The summed E-state index contributed by atoms with van der Waals surface area (Å²) in [6.45, 7) is 1.52.